The van der Waals surface area contributed by atoms with Gasteiger partial charge in [0.25, 0.3) is 0 Å². The lowest BCUT2D eigenvalue weighted by Crippen LogP contribution is -2.48. The van der Waals surface area contributed by atoms with Crippen LogP contribution in [0.2, 0.25) is 0 Å². The van der Waals surface area contributed by atoms with E-state index >= 15 is 0 Å². The summed E-state index contributed by atoms with van der Waals surface area (Å²) in [7, 11) is 0. The first-order valence-corrected chi connectivity index (χ1v) is 9.64. The van der Waals surface area contributed by atoms with Crippen molar-refractivity contribution in [1.82, 2.24) is 15.5 Å². The summed E-state index contributed by atoms with van der Waals surface area (Å²) in [6.07, 6.45) is 1.13. The van der Waals surface area contributed by atoms with Crippen molar-refractivity contribution in [1.29, 1.82) is 0 Å². The van der Waals surface area contributed by atoms with Crippen LogP contribution in [-0.2, 0) is 17.7 Å². The molecular formula is C21H27N3OS. The van der Waals surface area contributed by atoms with Crippen LogP contribution in [0.25, 0.3) is 0 Å². The van der Waals surface area contributed by atoms with Crippen LogP contribution in [0, 0.1) is 0 Å². The molecule has 0 amide bonds. The second kappa shape index (κ2) is 10.3. The van der Waals surface area contributed by atoms with Gasteiger partial charge in [-0.1, -0.05) is 60.7 Å². The third-order valence-electron chi connectivity index (χ3n) is 4.50. The summed E-state index contributed by atoms with van der Waals surface area (Å²) in [4.78, 5) is 2.44. The lowest BCUT2D eigenvalue weighted by Gasteiger charge is -2.33. The molecule has 2 aromatic carbocycles. The van der Waals surface area contributed by atoms with Gasteiger partial charge < -0.3 is 15.4 Å². The van der Waals surface area contributed by atoms with Crippen LogP contribution in [0.3, 0.4) is 0 Å². The lowest BCUT2D eigenvalue weighted by atomic mass is 10.1. The zero-order valence-corrected chi connectivity index (χ0v) is 15.9. The van der Waals surface area contributed by atoms with E-state index in [-0.39, 0.29) is 6.10 Å². The van der Waals surface area contributed by atoms with E-state index in [1.165, 1.54) is 11.1 Å². The highest BCUT2D eigenvalue weighted by Gasteiger charge is 2.20. The normalized spacial score (nSPS) is 17.6. The summed E-state index contributed by atoms with van der Waals surface area (Å²) in [5, 5.41) is 7.26. The highest BCUT2D eigenvalue weighted by molar-refractivity contribution is 7.80. The van der Waals surface area contributed by atoms with Gasteiger partial charge in [0.05, 0.1) is 12.7 Å². The van der Waals surface area contributed by atoms with Crippen molar-refractivity contribution in [2.75, 3.05) is 32.8 Å². The summed E-state index contributed by atoms with van der Waals surface area (Å²) in [5.41, 5.74) is 2.66. The van der Waals surface area contributed by atoms with Crippen LogP contribution in [0.1, 0.15) is 11.1 Å². The molecule has 3 rings (SSSR count). The van der Waals surface area contributed by atoms with E-state index in [0.717, 1.165) is 45.8 Å². The molecule has 2 aromatic rings. The monoisotopic (exact) mass is 369 g/mol. The van der Waals surface area contributed by atoms with Gasteiger partial charge in [0, 0.05) is 32.7 Å². The maximum atomic E-state index is 5.88. The van der Waals surface area contributed by atoms with Crippen LogP contribution in [-0.4, -0.2) is 48.9 Å². The Bertz CT molecular complexity index is 665. The molecule has 0 aliphatic carbocycles. The first-order chi connectivity index (χ1) is 12.8. The third kappa shape index (κ3) is 6.41. The zero-order valence-electron chi connectivity index (χ0n) is 15.1. The van der Waals surface area contributed by atoms with Gasteiger partial charge in [0.1, 0.15) is 0 Å². The van der Waals surface area contributed by atoms with E-state index in [1.807, 2.05) is 6.07 Å². The second-order valence-electron chi connectivity index (χ2n) is 6.59. The van der Waals surface area contributed by atoms with Crippen LogP contribution in [0.5, 0.6) is 0 Å². The van der Waals surface area contributed by atoms with E-state index < -0.39 is 0 Å². The number of nitrogens with zero attached hydrogens (tertiary/aromatic N) is 1. The first kappa shape index (κ1) is 18.8. The smallest absolute Gasteiger partial charge is 0.166 e. The molecule has 4 nitrogen and oxygen atoms in total. The minimum Gasteiger partial charge on any atom is -0.374 e. The Hall–Kier alpha value is -1.95. The fourth-order valence-corrected chi connectivity index (χ4v) is 3.31. The Morgan fingerprint density at radius 3 is 2.42 bits per heavy atom. The summed E-state index contributed by atoms with van der Waals surface area (Å²) in [6.45, 7) is 5.22. The minimum atomic E-state index is 0.168. The Balaban J connectivity index is 1.34. The number of hydrogen-bond donors (Lipinski definition) is 2. The van der Waals surface area contributed by atoms with Gasteiger partial charge in [-0.05, 0) is 29.8 Å². The fourth-order valence-electron chi connectivity index (χ4n) is 3.12. The number of nitrogens with one attached hydrogen (secondary N) is 2. The van der Waals surface area contributed by atoms with Crippen molar-refractivity contribution in [3.8, 4) is 0 Å². The summed E-state index contributed by atoms with van der Waals surface area (Å²) >= 11 is 5.38. The molecule has 1 aliphatic rings. The minimum absolute atomic E-state index is 0.168. The Kier molecular flexibility index (Phi) is 7.43. The molecule has 0 unspecified atom stereocenters. The molecule has 0 saturated carbocycles. The Morgan fingerprint density at radius 2 is 1.69 bits per heavy atom. The van der Waals surface area contributed by atoms with Gasteiger partial charge in [-0.25, -0.2) is 0 Å². The standard InChI is InChI=1S/C21H27N3OS/c26-21(22-12-11-18-7-3-1-4-8-18)23-15-20-17-24(13-14-25-20)16-19-9-5-2-6-10-19/h1-10,20H,11-17H2,(H2,22,23,26)/t20-/m0/s1. The van der Waals surface area contributed by atoms with Gasteiger partial charge >= 0.3 is 0 Å². The number of ether oxygens (including phenoxy) is 1. The summed E-state index contributed by atoms with van der Waals surface area (Å²) in [6, 6.07) is 21.0. The number of benzene rings is 2. The number of rotatable bonds is 7. The van der Waals surface area contributed by atoms with Crippen LogP contribution < -0.4 is 10.6 Å². The molecule has 1 fully saturated rings. The number of thiocarbonyl (C=S) groups is 1. The largest absolute Gasteiger partial charge is 0.374 e. The van der Waals surface area contributed by atoms with E-state index in [2.05, 4.69) is 70.1 Å². The molecule has 1 aliphatic heterocycles. The molecule has 26 heavy (non-hydrogen) atoms. The molecule has 0 aromatic heterocycles. The van der Waals surface area contributed by atoms with Crippen molar-refractivity contribution in [3.05, 3.63) is 71.8 Å². The molecule has 138 valence electrons. The number of hydrogen-bond acceptors (Lipinski definition) is 3. The van der Waals surface area contributed by atoms with Gasteiger partial charge in [0.15, 0.2) is 5.11 Å². The van der Waals surface area contributed by atoms with Crippen molar-refractivity contribution in [3.63, 3.8) is 0 Å². The van der Waals surface area contributed by atoms with Gasteiger partial charge in [-0.3, -0.25) is 4.90 Å². The zero-order chi connectivity index (χ0) is 18.0. The maximum absolute atomic E-state index is 5.88. The molecule has 5 heteroatoms. The van der Waals surface area contributed by atoms with Gasteiger partial charge in [-0.2, -0.15) is 0 Å². The average Bonchev–Trinajstić information content (AvgIpc) is 2.68. The van der Waals surface area contributed by atoms with Gasteiger partial charge in [-0.15, -0.1) is 0 Å². The molecule has 0 bridgehead atoms. The van der Waals surface area contributed by atoms with E-state index in [0.29, 0.717) is 5.11 Å². The highest BCUT2D eigenvalue weighted by Crippen LogP contribution is 2.10. The molecule has 1 atom stereocenters. The van der Waals surface area contributed by atoms with Crippen LogP contribution in [0.4, 0.5) is 0 Å². The molecule has 2 N–H and O–H groups in total. The van der Waals surface area contributed by atoms with Gasteiger partial charge in [0.2, 0.25) is 0 Å². The SMILES string of the molecule is S=C(NCCc1ccccc1)NC[C@H]1CN(Cc2ccccc2)CCO1. The van der Waals surface area contributed by atoms with Crippen molar-refractivity contribution < 1.29 is 4.74 Å². The first-order valence-electron chi connectivity index (χ1n) is 9.23. The second-order valence-corrected chi connectivity index (χ2v) is 6.99. The number of morpholine rings is 1. The molecule has 0 radical (unpaired) electrons. The third-order valence-corrected chi connectivity index (χ3v) is 4.79. The quantitative estimate of drug-likeness (QED) is 0.734. The predicted octanol–water partition coefficient (Wildman–Crippen LogP) is 2.59. The van der Waals surface area contributed by atoms with E-state index in [1.54, 1.807) is 0 Å². The molecule has 1 saturated heterocycles. The lowest BCUT2D eigenvalue weighted by molar-refractivity contribution is -0.0280. The Morgan fingerprint density at radius 1 is 1.00 bits per heavy atom. The summed E-state index contributed by atoms with van der Waals surface area (Å²) < 4.78 is 5.88. The fraction of sp³-hybridized carbons (Fsp3) is 0.381. The topological polar surface area (TPSA) is 36.5 Å². The highest BCUT2D eigenvalue weighted by atomic mass is 32.1. The van der Waals surface area contributed by atoms with Crippen LogP contribution in [0.15, 0.2) is 60.7 Å². The van der Waals surface area contributed by atoms with E-state index in [4.69, 9.17) is 17.0 Å². The molecular weight excluding hydrogens is 342 g/mol. The Labute approximate surface area is 161 Å². The molecule has 1 heterocycles. The van der Waals surface area contributed by atoms with Crippen molar-refractivity contribution in [2.24, 2.45) is 0 Å². The van der Waals surface area contributed by atoms with Crippen molar-refractivity contribution in [2.45, 2.75) is 19.1 Å². The summed E-state index contributed by atoms with van der Waals surface area (Å²) in [5.74, 6) is 0. The maximum Gasteiger partial charge on any atom is 0.166 e. The van der Waals surface area contributed by atoms with Crippen molar-refractivity contribution >= 4 is 17.3 Å². The van der Waals surface area contributed by atoms with Crippen LogP contribution >= 0.6 is 12.2 Å². The van der Waals surface area contributed by atoms with E-state index in [9.17, 15) is 0 Å². The average molecular weight is 370 g/mol. The predicted molar refractivity (Wildman–Crippen MR) is 110 cm³/mol. The molecule has 0 spiro atoms.